The van der Waals surface area contributed by atoms with E-state index in [-0.39, 0.29) is 0 Å². The highest BCUT2D eigenvalue weighted by atomic mass is 16.5. The summed E-state index contributed by atoms with van der Waals surface area (Å²) < 4.78 is 7.90. The predicted molar refractivity (Wildman–Crippen MR) is 117 cm³/mol. The molecule has 0 unspecified atom stereocenters. The fraction of sp³-hybridized carbons (Fsp3) is 0.304. The first-order valence-electron chi connectivity index (χ1n) is 9.90. The molecule has 0 fully saturated rings. The number of aliphatic imine (C=N–C) groups is 1. The average Bonchev–Trinajstić information content (AvgIpc) is 3.17. The first kappa shape index (κ1) is 20.5. The van der Waals surface area contributed by atoms with Gasteiger partial charge in [-0.2, -0.15) is 0 Å². The SMILES string of the molecule is CCOc1cc(C)ccc1CNC(=NC)NCc1nccn1Cc1ccccc1. The number of hydrogen-bond acceptors (Lipinski definition) is 3. The number of imidazole rings is 1. The molecule has 1 aromatic heterocycles. The second kappa shape index (κ2) is 10.3. The number of rotatable bonds is 8. The minimum atomic E-state index is 0.589. The van der Waals surface area contributed by atoms with Crippen LogP contribution in [0.3, 0.4) is 0 Å². The summed E-state index contributed by atoms with van der Waals surface area (Å²) in [7, 11) is 1.77. The number of guanidine groups is 1. The Morgan fingerprint density at radius 3 is 2.66 bits per heavy atom. The number of nitrogens with one attached hydrogen (secondary N) is 2. The molecular weight excluding hydrogens is 362 g/mol. The Morgan fingerprint density at radius 1 is 1.10 bits per heavy atom. The Morgan fingerprint density at radius 2 is 1.90 bits per heavy atom. The molecule has 0 spiro atoms. The van der Waals surface area contributed by atoms with Crippen LogP contribution in [0.15, 0.2) is 65.9 Å². The first-order chi connectivity index (χ1) is 14.2. The highest BCUT2D eigenvalue weighted by Gasteiger charge is 2.08. The Labute approximate surface area is 172 Å². The van der Waals surface area contributed by atoms with Crippen LogP contribution in [-0.2, 0) is 19.6 Å². The van der Waals surface area contributed by atoms with E-state index < -0.39 is 0 Å². The Hall–Kier alpha value is -3.28. The van der Waals surface area contributed by atoms with Gasteiger partial charge in [0.2, 0.25) is 0 Å². The van der Waals surface area contributed by atoms with Crippen LogP contribution < -0.4 is 15.4 Å². The molecule has 0 bridgehead atoms. The van der Waals surface area contributed by atoms with Crippen LogP contribution in [0.4, 0.5) is 0 Å². The number of aromatic nitrogens is 2. The minimum absolute atomic E-state index is 0.589. The van der Waals surface area contributed by atoms with Crippen molar-refractivity contribution in [2.75, 3.05) is 13.7 Å². The molecule has 2 N–H and O–H groups in total. The molecule has 1 heterocycles. The number of hydrogen-bond donors (Lipinski definition) is 2. The second-order valence-corrected chi connectivity index (χ2v) is 6.78. The van der Waals surface area contributed by atoms with Gasteiger partial charge in [0.05, 0.1) is 13.2 Å². The highest BCUT2D eigenvalue weighted by molar-refractivity contribution is 5.79. The van der Waals surface area contributed by atoms with Crippen molar-refractivity contribution in [2.45, 2.75) is 33.5 Å². The molecule has 0 aliphatic carbocycles. The second-order valence-electron chi connectivity index (χ2n) is 6.78. The third kappa shape index (κ3) is 5.85. The lowest BCUT2D eigenvalue weighted by molar-refractivity contribution is 0.336. The monoisotopic (exact) mass is 391 g/mol. The lowest BCUT2D eigenvalue weighted by Gasteiger charge is -2.15. The molecule has 0 radical (unpaired) electrons. The maximum Gasteiger partial charge on any atom is 0.191 e. The molecule has 29 heavy (non-hydrogen) atoms. The summed E-state index contributed by atoms with van der Waals surface area (Å²) in [5, 5.41) is 6.70. The summed E-state index contributed by atoms with van der Waals surface area (Å²) in [5.41, 5.74) is 3.54. The van der Waals surface area contributed by atoms with Crippen LogP contribution in [0.25, 0.3) is 0 Å². The van der Waals surface area contributed by atoms with Crippen molar-refractivity contribution in [3.05, 3.63) is 83.4 Å². The molecule has 0 amide bonds. The van der Waals surface area contributed by atoms with E-state index in [0.29, 0.717) is 19.7 Å². The summed E-state index contributed by atoms with van der Waals surface area (Å²) in [6.07, 6.45) is 3.83. The van der Waals surface area contributed by atoms with Crippen molar-refractivity contribution in [1.82, 2.24) is 20.2 Å². The molecule has 0 saturated carbocycles. The standard InChI is InChI=1S/C23H29N5O/c1-4-29-21-14-18(2)10-11-20(21)15-26-23(24-3)27-16-22-25-12-13-28(22)17-19-8-6-5-7-9-19/h5-14H,4,15-17H2,1-3H3,(H2,24,26,27). The Kier molecular flexibility index (Phi) is 7.28. The quantitative estimate of drug-likeness (QED) is 0.456. The van der Waals surface area contributed by atoms with Crippen molar-refractivity contribution in [3.63, 3.8) is 0 Å². The van der Waals surface area contributed by atoms with Gasteiger partial charge in [0.25, 0.3) is 0 Å². The summed E-state index contributed by atoms with van der Waals surface area (Å²) >= 11 is 0. The summed E-state index contributed by atoms with van der Waals surface area (Å²) in [6.45, 7) is 6.73. The lowest BCUT2D eigenvalue weighted by atomic mass is 10.1. The van der Waals surface area contributed by atoms with Crippen LogP contribution in [0.2, 0.25) is 0 Å². The number of aryl methyl sites for hydroxylation is 1. The summed E-state index contributed by atoms with van der Waals surface area (Å²) in [6, 6.07) is 16.6. The van der Waals surface area contributed by atoms with E-state index in [1.165, 1.54) is 11.1 Å². The first-order valence-corrected chi connectivity index (χ1v) is 9.90. The normalized spacial score (nSPS) is 11.3. The van der Waals surface area contributed by atoms with Gasteiger partial charge in [-0.05, 0) is 31.0 Å². The molecule has 2 aromatic carbocycles. The van der Waals surface area contributed by atoms with Crippen LogP contribution in [0, 0.1) is 6.92 Å². The molecule has 3 aromatic rings. The van der Waals surface area contributed by atoms with E-state index in [1.807, 2.05) is 25.4 Å². The number of nitrogens with zero attached hydrogens (tertiary/aromatic N) is 3. The predicted octanol–water partition coefficient (Wildman–Crippen LogP) is 3.50. The van der Waals surface area contributed by atoms with E-state index >= 15 is 0 Å². The van der Waals surface area contributed by atoms with E-state index in [0.717, 1.165) is 29.6 Å². The number of ether oxygens (including phenoxy) is 1. The van der Waals surface area contributed by atoms with E-state index in [1.54, 1.807) is 7.05 Å². The zero-order valence-electron chi connectivity index (χ0n) is 17.4. The van der Waals surface area contributed by atoms with Crippen LogP contribution in [0.5, 0.6) is 5.75 Å². The van der Waals surface area contributed by atoms with Crippen LogP contribution in [-0.4, -0.2) is 29.2 Å². The topological polar surface area (TPSA) is 63.5 Å². The van der Waals surface area contributed by atoms with Gasteiger partial charge in [0.15, 0.2) is 5.96 Å². The smallest absolute Gasteiger partial charge is 0.191 e. The van der Waals surface area contributed by atoms with Crippen molar-refractivity contribution in [1.29, 1.82) is 0 Å². The maximum absolute atomic E-state index is 5.76. The summed E-state index contributed by atoms with van der Waals surface area (Å²) in [4.78, 5) is 8.81. The fourth-order valence-corrected chi connectivity index (χ4v) is 3.09. The van der Waals surface area contributed by atoms with Gasteiger partial charge >= 0.3 is 0 Å². The van der Waals surface area contributed by atoms with Gasteiger partial charge in [-0.25, -0.2) is 4.98 Å². The Bertz CT molecular complexity index is 933. The molecule has 0 saturated heterocycles. The molecular formula is C23H29N5O. The molecule has 152 valence electrons. The van der Waals surface area contributed by atoms with E-state index in [4.69, 9.17) is 4.74 Å². The molecule has 6 nitrogen and oxygen atoms in total. The minimum Gasteiger partial charge on any atom is -0.494 e. The van der Waals surface area contributed by atoms with Crippen molar-refractivity contribution in [2.24, 2.45) is 4.99 Å². The van der Waals surface area contributed by atoms with Crippen molar-refractivity contribution < 1.29 is 4.74 Å². The molecule has 3 rings (SSSR count). The zero-order valence-corrected chi connectivity index (χ0v) is 17.4. The maximum atomic E-state index is 5.76. The fourth-order valence-electron chi connectivity index (χ4n) is 3.09. The number of benzene rings is 2. The summed E-state index contributed by atoms with van der Waals surface area (Å²) in [5.74, 6) is 2.60. The van der Waals surface area contributed by atoms with Gasteiger partial charge in [-0.3, -0.25) is 4.99 Å². The van der Waals surface area contributed by atoms with E-state index in [9.17, 15) is 0 Å². The molecule has 0 atom stereocenters. The van der Waals surface area contributed by atoms with Gasteiger partial charge < -0.3 is 19.9 Å². The van der Waals surface area contributed by atoms with Gasteiger partial charge in [0, 0.05) is 38.1 Å². The Balaban J connectivity index is 1.58. The van der Waals surface area contributed by atoms with Crippen molar-refractivity contribution in [3.8, 4) is 5.75 Å². The third-order valence-corrected chi connectivity index (χ3v) is 4.60. The zero-order chi connectivity index (χ0) is 20.5. The van der Waals surface area contributed by atoms with E-state index in [2.05, 4.69) is 74.6 Å². The van der Waals surface area contributed by atoms with Crippen LogP contribution in [0.1, 0.15) is 29.4 Å². The van der Waals surface area contributed by atoms with Crippen LogP contribution >= 0.6 is 0 Å². The third-order valence-electron chi connectivity index (χ3n) is 4.60. The largest absolute Gasteiger partial charge is 0.494 e. The molecule has 6 heteroatoms. The highest BCUT2D eigenvalue weighted by Crippen LogP contribution is 2.20. The average molecular weight is 392 g/mol. The van der Waals surface area contributed by atoms with Gasteiger partial charge in [-0.15, -0.1) is 0 Å². The van der Waals surface area contributed by atoms with Gasteiger partial charge in [-0.1, -0.05) is 42.5 Å². The lowest BCUT2D eigenvalue weighted by Crippen LogP contribution is -2.37. The van der Waals surface area contributed by atoms with Crippen molar-refractivity contribution >= 4 is 5.96 Å². The molecule has 0 aliphatic heterocycles. The molecule has 0 aliphatic rings. The van der Waals surface area contributed by atoms with Gasteiger partial charge in [0.1, 0.15) is 11.6 Å².